The van der Waals surface area contributed by atoms with Crippen LogP contribution in [0.5, 0.6) is 5.75 Å². The summed E-state index contributed by atoms with van der Waals surface area (Å²) in [5.74, 6) is 0.901. The highest BCUT2D eigenvalue weighted by Crippen LogP contribution is 2.28. The number of aromatic nitrogens is 1. The van der Waals surface area contributed by atoms with Gasteiger partial charge in [-0.3, -0.25) is 0 Å². The van der Waals surface area contributed by atoms with Gasteiger partial charge in [0.25, 0.3) is 0 Å². The van der Waals surface area contributed by atoms with Gasteiger partial charge in [-0.2, -0.15) is 0 Å². The number of ether oxygens (including phenoxy) is 1. The highest BCUT2D eigenvalue weighted by molar-refractivity contribution is 9.10. The summed E-state index contributed by atoms with van der Waals surface area (Å²) in [6.07, 6.45) is 2.08. The number of methoxy groups -OCH3 is 1. The molecule has 0 radical (unpaired) electrons. The number of benzene rings is 2. The van der Waals surface area contributed by atoms with E-state index in [-0.39, 0.29) is 0 Å². The molecule has 0 fully saturated rings. The number of rotatable bonds is 3. The van der Waals surface area contributed by atoms with Crippen LogP contribution in [0.15, 0.2) is 53.1 Å². The van der Waals surface area contributed by atoms with E-state index >= 15 is 0 Å². The zero-order chi connectivity index (χ0) is 14.1. The number of hydrogen-bond acceptors (Lipinski definition) is 2. The number of nitrogen functional groups attached to an aromatic ring is 1. The van der Waals surface area contributed by atoms with Gasteiger partial charge in [-0.05, 0) is 35.9 Å². The molecule has 0 bridgehead atoms. The summed E-state index contributed by atoms with van der Waals surface area (Å²) in [4.78, 5) is 0. The summed E-state index contributed by atoms with van der Waals surface area (Å²) in [5.41, 5.74) is 8.89. The van der Waals surface area contributed by atoms with E-state index in [1.807, 2.05) is 30.3 Å². The Morgan fingerprint density at radius 2 is 2.05 bits per heavy atom. The van der Waals surface area contributed by atoms with Crippen molar-refractivity contribution >= 4 is 32.5 Å². The first-order valence-corrected chi connectivity index (χ1v) is 7.14. The summed E-state index contributed by atoms with van der Waals surface area (Å²) in [7, 11) is 1.70. The Labute approximate surface area is 126 Å². The van der Waals surface area contributed by atoms with Crippen LogP contribution in [0.1, 0.15) is 5.56 Å². The van der Waals surface area contributed by atoms with Gasteiger partial charge in [-0.15, -0.1) is 0 Å². The van der Waals surface area contributed by atoms with Crippen molar-refractivity contribution in [2.45, 2.75) is 6.54 Å². The molecular weight excluding hydrogens is 316 g/mol. The average molecular weight is 331 g/mol. The zero-order valence-electron chi connectivity index (χ0n) is 11.1. The van der Waals surface area contributed by atoms with Gasteiger partial charge in [-0.25, -0.2) is 0 Å². The molecule has 0 spiro atoms. The minimum atomic E-state index is 0.764. The molecule has 3 aromatic rings. The molecule has 0 aliphatic heterocycles. The molecule has 2 N–H and O–H groups in total. The second-order valence-corrected chi connectivity index (χ2v) is 5.54. The third kappa shape index (κ3) is 2.27. The molecule has 1 heterocycles. The van der Waals surface area contributed by atoms with Crippen LogP contribution in [0.25, 0.3) is 10.9 Å². The minimum absolute atomic E-state index is 0.764. The molecule has 20 heavy (non-hydrogen) atoms. The van der Waals surface area contributed by atoms with E-state index in [1.165, 1.54) is 5.56 Å². The number of hydrogen-bond donors (Lipinski definition) is 1. The fourth-order valence-electron chi connectivity index (χ4n) is 2.39. The van der Waals surface area contributed by atoms with E-state index in [9.17, 15) is 0 Å². The second kappa shape index (κ2) is 5.21. The Morgan fingerprint density at radius 3 is 2.80 bits per heavy atom. The largest absolute Gasteiger partial charge is 0.496 e. The third-order valence-corrected chi connectivity index (χ3v) is 4.15. The average Bonchev–Trinajstić information content (AvgIpc) is 2.85. The van der Waals surface area contributed by atoms with E-state index < -0.39 is 0 Å². The van der Waals surface area contributed by atoms with Gasteiger partial charge < -0.3 is 15.0 Å². The molecule has 4 heteroatoms. The van der Waals surface area contributed by atoms with Crippen LogP contribution in [0, 0.1) is 0 Å². The van der Waals surface area contributed by atoms with E-state index in [0.29, 0.717) is 0 Å². The van der Waals surface area contributed by atoms with Gasteiger partial charge in [0.05, 0.1) is 12.6 Å². The van der Waals surface area contributed by atoms with Crippen molar-refractivity contribution < 1.29 is 4.74 Å². The number of anilines is 1. The summed E-state index contributed by atoms with van der Waals surface area (Å²) >= 11 is 3.57. The van der Waals surface area contributed by atoms with E-state index in [4.69, 9.17) is 10.5 Å². The highest BCUT2D eigenvalue weighted by atomic mass is 79.9. The first-order valence-electron chi connectivity index (χ1n) is 6.35. The minimum Gasteiger partial charge on any atom is -0.496 e. The number of nitrogens with two attached hydrogens (primary N) is 1. The lowest BCUT2D eigenvalue weighted by atomic mass is 10.2. The van der Waals surface area contributed by atoms with Gasteiger partial charge >= 0.3 is 0 Å². The van der Waals surface area contributed by atoms with Crippen molar-refractivity contribution in [2.75, 3.05) is 12.8 Å². The lowest BCUT2D eigenvalue weighted by Gasteiger charge is -2.09. The molecule has 0 aliphatic carbocycles. The van der Waals surface area contributed by atoms with Crippen LogP contribution in [0.2, 0.25) is 0 Å². The number of fused-ring (bicyclic) bond motifs is 1. The van der Waals surface area contributed by atoms with Crippen molar-refractivity contribution in [3.63, 3.8) is 0 Å². The van der Waals surface area contributed by atoms with Gasteiger partial charge in [0.1, 0.15) is 5.75 Å². The molecule has 0 amide bonds. The standard InChI is InChI=1S/C16H15BrN2O/c1-20-16-4-2-3-15-13(16)7-8-19(15)10-11-5-6-12(18)9-14(11)17/h2-9H,10,18H2,1H3. The summed E-state index contributed by atoms with van der Waals surface area (Å²) < 4.78 is 8.62. The van der Waals surface area contributed by atoms with E-state index in [0.717, 1.165) is 33.4 Å². The molecule has 2 aromatic carbocycles. The molecular formula is C16H15BrN2O. The molecule has 0 unspecified atom stereocenters. The van der Waals surface area contributed by atoms with Crippen LogP contribution < -0.4 is 10.5 Å². The van der Waals surface area contributed by atoms with Crippen LogP contribution >= 0.6 is 15.9 Å². The lowest BCUT2D eigenvalue weighted by Crippen LogP contribution is -1.99. The summed E-state index contributed by atoms with van der Waals surface area (Å²) in [6, 6.07) is 14.1. The zero-order valence-corrected chi connectivity index (χ0v) is 12.7. The highest BCUT2D eigenvalue weighted by Gasteiger charge is 2.07. The molecule has 3 nitrogen and oxygen atoms in total. The molecule has 0 atom stereocenters. The van der Waals surface area contributed by atoms with Crippen LogP contribution in [-0.4, -0.2) is 11.7 Å². The smallest absolute Gasteiger partial charge is 0.128 e. The Hall–Kier alpha value is -1.94. The predicted octanol–water partition coefficient (Wildman–Crippen LogP) is 4.04. The molecule has 0 saturated heterocycles. The van der Waals surface area contributed by atoms with Gasteiger partial charge in [0, 0.05) is 28.3 Å². The Bertz CT molecular complexity index is 764. The monoisotopic (exact) mass is 330 g/mol. The molecule has 0 saturated carbocycles. The van der Waals surface area contributed by atoms with Crippen molar-refractivity contribution in [3.05, 3.63) is 58.7 Å². The normalized spacial score (nSPS) is 10.9. The van der Waals surface area contributed by atoms with Gasteiger partial charge in [0.15, 0.2) is 0 Å². The van der Waals surface area contributed by atoms with Gasteiger partial charge in [0.2, 0.25) is 0 Å². The fourth-order valence-corrected chi connectivity index (χ4v) is 2.91. The maximum atomic E-state index is 5.78. The summed E-state index contributed by atoms with van der Waals surface area (Å²) in [5, 5.41) is 1.13. The molecule has 1 aromatic heterocycles. The SMILES string of the molecule is COc1cccc2c1ccn2Cc1ccc(N)cc1Br. The van der Waals surface area contributed by atoms with Crippen LogP contribution in [-0.2, 0) is 6.54 Å². The predicted molar refractivity (Wildman–Crippen MR) is 86.1 cm³/mol. The molecule has 0 aliphatic rings. The Kier molecular flexibility index (Phi) is 3.40. The summed E-state index contributed by atoms with van der Waals surface area (Å²) in [6.45, 7) is 0.789. The van der Waals surface area contributed by atoms with Crippen molar-refractivity contribution in [2.24, 2.45) is 0 Å². The van der Waals surface area contributed by atoms with Crippen molar-refractivity contribution in [1.29, 1.82) is 0 Å². The fraction of sp³-hybridized carbons (Fsp3) is 0.125. The Balaban J connectivity index is 2.03. The third-order valence-electron chi connectivity index (χ3n) is 3.41. The second-order valence-electron chi connectivity index (χ2n) is 4.69. The van der Waals surface area contributed by atoms with Crippen molar-refractivity contribution in [3.8, 4) is 5.75 Å². The first-order chi connectivity index (χ1) is 9.69. The van der Waals surface area contributed by atoms with E-state index in [2.05, 4.69) is 38.8 Å². The molecule has 102 valence electrons. The Morgan fingerprint density at radius 1 is 1.20 bits per heavy atom. The maximum absolute atomic E-state index is 5.78. The topological polar surface area (TPSA) is 40.2 Å². The van der Waals surface area contributed by atoms with Crippen LogP contribution in [0.3, 0.4) is 0 Å². The number of halogens is 1. The van der Waals surface area contributed by atoms with E-state index in [1.54, 1.807) is 7.11 Å². The molecule has 3 rings (SSSR count). The first kappa shape index (κ1) is 13.1. The number of nitrogens with zero attached hydrogens (tertiary/aromatic N) is 1. The van der Waals surface area contributed by atoms with Crippen molar-refractivity contribution in [1.82, 2.24) is 4.57 Å². The maximum Gasteiger partial charge on any atom is 0.128 e. The lowest BCUT2D eigenvalue weighted by molar-refractivity contribution is 0.420. The van der Waals surface area contributed by atoms with Gasteiger partial charge in [-0.1, -0.05) is 28.1 Å². The van der Waals surface area contributed by atoms with Crippen LogP contribution in [0.4, 0.5) is 5.69 Å². The quantitative estimate of drug-likeness (QED) is 0.736.